The molecule has 0 atom stereocenters. The molecule has 2 aliphatic rings. The van der Waals surface area contributed by atoms with E-state index in [0.29, 0.717) is 49.1 Å². The second-order valence-corrected chi connectivity index (χ2v) is 10.4. The van der Waals surface area contributed by atoms with Crippen LogP contribution in [0.2, 0.25) is 0 Å². The molecular weight excluding hydrogens is 464 g/mol. The highest BCUT2D eigenvalue weighted by Crippen LogP contribution is 2.31. The number of hydrogen-bond acceptors (Lipinski definition) is 7. The summed E-state index contributed by atoms with van der Waals surface area (Å²) in [6, 6.07) is 11.5. The van der Waals surface area contributed by atoms with Crippen LogP contribution in [0.4, 0.5) is 10.8 Å². The third-order valence-corrected chi connectivity index (χ3v) is 8.15. The number of nitrogens with zero attached hydrogens (tertiary/aromatic N) is 2. The van der Waals surface area contributed by atoms with Crippen LogP contribution in [0.5, 0.6) is 0 Å². The number of anilines is 2. The zero-order valence-corrected chi connectivity index (χ0v) is 19.0. The number of carbonyl (C=O) groups is 2. The van der Waals surface area contributed by atoms with Crippen molar-refractivity contribution in [1.29, 1.82) is 0 Å². The standard InChI is InChI=1S/C22H20N4O5S2/c27-20-12-16-11-15(3-6-18(16)23-20)19-13-32-22(24-19)25-21(28)14-1-4-17(5-2-14)33(29,30)26-7-9-31-10-8-26/h1-6,11,13H,7-10,12H2,(H,23,27)(H,24,25,28). The summed E-state index contributed by atoms with van der Waals surface area (Å²) in [5.74, 6) is -0.410. The highest BCUT2D eigenvalue weighted by molar-refractivity contribution is 7.89. The average molecular weight is 485 g/mol. The van der Waals surface area contributed by atoms with Crippen LogP contribution in [-0.2, 0) is 26.0 Å². The lowest BCUT2D eigenvalue weighted by molar-refractivity contribution is -0.115. The first kappa shape index (κ1) is 21.7. The molecule has 0 saturated carbocycles. The Kier molecular flexibility index (Phi) is 5.71. The van der Waals surface area contributed by atoms with E-state index < -0.39 is 10.0 Å². The minimum Gasteiger partial charge on any atom is -0.379 e. The van der Waals surface area contributed by atoms with Gasteiger partial charge in [-0.2, -0.15) is 4.31 Å². The smallest absolute Gasteiger partial charge is 0.257 e. The van der Waals surface area contributed by atoms with E-state index in [2.05, 4.69) is 15.6 Å². The number of carbonyl (C=O) groups excluding carboxylic acids is 2. The molecule has 2 aromatic carbocycles. The molecule has 0 aliphatic carbocycles. The Hall–Kier alpha value is -3.12. The van der Waals surface area contributed by atoms with Crippen molar-refractivity contribution in [3.8, 4) is 11.3 Å². The normalized spacial score (nSPS) is 16.3. The number of thiazole rings is 1. The van der Waals surface area contributed by atoms with E-state index in [1.807, 2.05) is 23.6 Å². The molecule has 1 saturated heterocycles. The van der Waals surface area contributed by atoms with Crippen LogP contribution < -0.4 is 10.6 Å². The molecular formula is C22H20N4O5S2. The topological polar surface area (TPSA) is 118 Å². The van der Waals surface area contributed by atoms with Gasteiger partial charge in [-0.15, -0.1) is 11.3 Å². The van der Waals surface area contributed by atoms with E-state index in [9.17, 15) is 18.0 Å². The van der Waals surface area contributed by atoms with Crippen molar-refractivity contribution in [2.75, 3.05) is 36.9 Å². The van der Waals surface area contributed by atoms with Gasteiger partial charge in [0, 0.05) is 35.3 Å². The molecule has 0 unspecified atom stereocenters. The van der Waals surface area contributed by atoms with Gasteiger partial charge in [-0.25, -0.2) is 13.4 Å². The van der Waals surface area contributed by atoms with Crippen LogP contribution in [0.25, 0.3) is 11.3 Å². The molecule has 1 fully saturated rings. The largest absolute Gasteiger partial charge is 0.379 e. The van der Waals surface area contributed by atoms with Crippen molar-refractivity contribution in [3.05, 3.63) is 59.0 Å². The molecule has 11 heteroatoms. The monoisotopic (exact) mass is 484 g/mol. The minimum atomic E-state index is -3.61. The fourth-order valence-electron chi connectivity index (χ4n) is 3.74. The molecule has 2 aliphatic heterocycles. The fraction of sp³-hybridized carbons (Fsp3) is 0.227. The maximum Gasteiger partial charge on any atom is 0.257 e. The number of aromatic nitrogens is 1. The van der Waals surface area contributed by atoms with Gasteiger partial charge in [0.25, 0.3) is 5.91 Å². The van der Waals surface area contributed by atoms with E-state index >= 15 is 0 Å². The molecule has 3 aromatic rings. The van der Waals surface area contributed by atoms with Crippen molar-refractivity contribution >= 4 is 44.0 Å². The van der Waals surface area contributed by atoms with E-state index in [0.717, 1.165) is 16.8 Å². The van der Waals surface area contributed by atoms with Gasteiger partial charge in [-0.05, 0) is 42.0 Å². The molecule has 2 N–H and O–H groups in total. The molecule has 3 heterocycles. The lowest BCUT2D eigenvalue weighted by atomic mass is 10.1. The second kappa shape index (κ2) is 8.67. The summed E-state index contributed by atoms with van der Waals surface area (Å²) in [6.07, 6.45) is 0.341. The first-order chi connectivity index (χ1) is 15.9. The Morgan fingerprint density at radius 2 is 1.88 bits per heavy atom. The first-order valence-corrected chi connectivity index (χ1v) is 12.6. The Labute approximate surface area is 194 Å². The second-order valence-electron chi connectivity index (χ2n) is 7.63. The molecule has 2 amide bonds. The van der Waals surface area contributed by atoms with Crippen molar-refractivity contribution in [2.45, 2.75) is 11.3 Å². The average Bonchev–Trinajstić information content (AvgIpc) is 3.44. The predicted molar refractivity (Wildman–Crippen MR) is 124 cm³/mol. The van der Waals surface area contributed by atoms with Crippen LogP contribution in [0.3, 0.4) is 0 Å². The summed E-state index contributed by atoms with van der Waals surface area (Å²) in [7, 11) is -3.61. The zero-order chi connectivity index (χ0) is 23.0. The summed E-state index contributed by atoms with van der Waals surface area (Å²) >= 11 is 1.29. The van der Waals surface area contributed by atoms with E-state index in [1.165, 1.54) is 39.9 Å². The number of fused-ring (bicyclic) bond motifs is 1. The number of amides is 2. The van der Waals surface area contributed by atoms with Gasteiger partial charge in [0.15, 0.2) is 5.13 Å². The summed E-state index contributed by atoms with van der Waals surface area (Å²) < 4.78 is 32.0. The molecule has 170 valence electrons. The van der Waals surface area contributed by atoms with Crippen molar-refractivity contribution in [2.24, 2.45) is 0 Å². The van der Waals surface area contributed by atoms with E-state index in [1.54, 1.807) is 0 Å². The summed E-state index contributed by atoms with van der Waals surface area (Å²) in [5.41, 5.74) is 3.62. The van der Waals surface area contributed by atoms with Gasteiger partial charge in [0.05, 0.1) is 30.2 Å². The van der Waals surface area contributed by atoms with E-state index in [4.69, 9.17) is 4.74 Å². The van der Waals surface area contributed by atoms with Gasteiger partial charge in [-0.3, -0.25) is 14.9 Å². The number of hydrogen-bond donors (Lipinski definition) is 2. The molecule has 0 radical (unpaired) electrons. The highest BCUT2D eigenvalue weighted by atomic mass is 32.2. The minimum absolute atomic E-state index is 0.0304. The summed E-state index contributed by atoms with van der Waals surface area (Å²) in [6.45, 7) is 1.37. The molecule has 33 heavy (non-hydrogen) atoms. The predicted octanol–water partition coefficient (Wildman–Crippen LogP) is 2.58. The lowest BCUT2D eigenvalue weighted by Gasteiger charge is -2.26. The maximum absolute atomic E-state index is 12.7. The van der Waals surface area contributed by atoms with Crippen LogP contribution in [0, 0.1) is 0 Å². The van der Waals surface area contributed by atoms with Crippen LogP contribution in [0.1, 0.15) is 15.9 Å². The third kappa shape index (κ3) is 4.40. The zero-order valence-electron chi connectivity index (χ0n) is 17.4. The number of morpholine rings is 1. The molecule has 0 bridgehead atoms. The number of benzene rings is 2. The van der Waals surface area contributed by atoms with E-state index in [-0.39, 0.29) is 16.7 Å². The molecule has 9 nitrogen and oxygen atoms in total. The quantitative estimate of drug-likeness (QED) is 0.575. The molecule has 5 rings (SSSR count). The van der Waals surface area contributed by atoms with Gasteiger partial charge in [0.2, 0.25) is 15.9 Å². The Morgan fingerprint density at radius 1 is 1.12 bits per heavy atom. The Bertz CT molecular complexity index is 1330. The number of ether oxygens (including phenoxy) is 1. The van der Waals surface area contributed by atoms with Crippen LogP contribution >= 0.6 is 11.3 Å². The van der Waals surface area contributed by atoms with Crippen LogP contribution in [-0.4, -0.2) is 55.8 Å². The Balaban J connectivity index is 1.27. The lowest BCUT2D eigenvalue weighted by Crippen LogP contribution is -2.40. The third-order valence-electron chi connectivity index (χ3n) is 5.48. The SMILES string of the molecule is O=C1Cc2cc(-c3csc(NC(=O)c4ccc(S(=O)(=O)N5CCOCC5)cc4)n3)ccc2N1. The maximum atomic E-state index is 12.7. The molecule has 1 aromatic heterocycles. The van der Waals surface area contributed by atoms with Crippen molar-refractivity contribution in [3.63, 3.8) is 0 Å². The fourth-order valence-corrected chi connectivity index (χ4v) is 5.86. The Morgan fingerprint density at radius 3 is 2.64 bits per heavy atom. The van der Waals surface area contributed by atoms with Gasteiger partial charge in [-0.1, -0.05) is 6.07 Å². The van der Waals surface area contributed by atoms with Crippen molar-refractivity contribution in [1.82, 2.24) is 9.29 Å². The number of sulfonamides is 1. The van der Waals surface area contributed by atoms with Crippen LogP contribution in [0.15, 0.2) is 52.7 Å². The summed E-state index contributed by atoms with van der Waals surface area (Å²) in [4.78, 5) is 28.8. The summed E-state index contributed by atoms with van der Waals surface area (Å²) in [5, 5.41) is 7.81. The highest BCUT2D eigenvalue weighted by Gasteiger charge is 2.26. The number of rotatable bonds is 5. The van der Waals surface area contributed by atoms with Crippen molar-refractivity contribution < 1.29 is 22.7 Å². The van der Waals surface area contributed by atoms with Gasteiger partial charge >= 0.3 is 0 Å². The first-order valence-electron chi connectivity index (χ1n) is 10.3. The van der Waals surface area contributed by atoms with Gasteiger partial charge < -0.3 is 10.1 Å². The molecule has 0 spiro atoms. The number of nitrogens with one attached hydrogen (secondary N) is 2. The van der Waals surface area contributed by atoms with Gasteiger partial charge in [0.1, 0.15) is 0 Å².